The highest BCUT2D eigenvalue weighted by Crippen LogP contribution is 2.43. The van der Waals surface area contributed by atoms with Gasteiger partial charge in [0.05, 0.1) is 4.88 Å². The van der Waals surface area contributed by atoms with Gasteiger partial charge in [0.25, 0.3) is 0 Å². The topological polar surface area (TPSA) is 37.3 Å². The Morgan fingerprint density at radius 1 is 1.42 bits per heavy atom. The van der Waals surface area contributed by atoms with Gasteiger partial charge in [-0.15, -0.1) is 11.3 Å². The first-order valence-electron chi connectivity index (χ1n) is 6.35. The van der Waals surface area contributed by atoms with Gasteiger partial charge in [0.1, 0.15) is 0 Å². The monoisotopic (exact) mass is 288 g/mol. The normalized spacial score (nSPS) is 20.2. The van der Waals surface area contributed by atoms with E-state index in [1.54, 1.807) is 0 Å². The number of carbonyl (C=O) groups is 1. The maximum absolute atomic E-state index is 13.5. The number of halogens is 2. The molecule has 1 aromatic rings. The standard InChI is InChI=1S/C14H18F2O2S/c1-13(2,3)9-4-5-10-8(6-9)7-11(19-10)14(15,16)12(17)18/h7,9H,4-6H2,1-3H3,(H,17,18). The first-order chi connectivity index (χ1) is 8.62. The van der Waals surface area contributed by atoms with Gasteiger partial charge in [0.15, 0.2) is 0 Å². The number of rotatable bonds is 2. The number of alkyl halides is 2. The number of aryl methyl sites for hydroxylation is 1. The van der Waals surface area contributed by atoms with Crippen LogP contribution in [0.25, 0.3) is 0 Å². The van der Waals surface area contributed by atoms with E-state index in [0.29, 0.717) is 5.92 Å². The lowest BCUT2D eigenvalue weighted by Crippen LogP contribution is -2.26. The van der Waals surface area contributed by atoms with Gasteiger partial charge >= 0.3 is 11.9 Å². The zero-order valence-corrected chi connectivity index (χ0v) is 12.1. The molecule has 0 aromatic carbocycles. The second-order valence-electron chi connectivity index (χ2n) is 6.24. The predicted molar refractivity (Wildman–Crippen MR) is 70.8 cm³/mol. The van der Waals surface area contributed by atoms with Crippen molar-refractivity contribution in [2.75, 3.05) is 0 Å². The summed E-state index contributed by atoms with van der Waals surface area (Å²) in [5.74, 6) is -5.38. The number of carboxylic acid groups (broad SMARTS) is 1. The summed E-state index contributed by atoms with van der Waals surface area (Å²) in [5.41, 5.74) is 1.06. The van der Waals surface area contributed by atoms with Gasteiger partial charge in [-0.25, -0.2) is 4.79 Å². The number of fused-ring (bicyclic) bond motifs is 1. The third kappa shape index (κ3) is 2.66. The quantitative estimate of drug-likeness (QED) is 0.890. The van der Waals surface area contributed by atoms with E-state index in [4.69, 9.17) is 5.11 Å². The average molecular weight is 288 g/mol. The van der Waals surface area contributed by atoms with Crippen LogP contribution in [0.3, 0.4) is 0 Å². The molecule has 1 N–H and O–H groups in total. The minimum Gasteiger partial charge on any atom is -0.477 e. The Morgan fingerprint density at radius 2 is 2.05 bits per heavy atom. The van der Waals surface area contributed by atoms with Crippen molar-refractivity contribution < 1.29 is 18.7 Å². The molecule has 0 aliphatic heterocycles. The highest BCUT2D eigenvalue weighted by atomic mass is 32.1. The molecule has 2 nitrogen and oxygen atoms in total. The van der Waals surface area contributed by atoms with Crippen LogP contribution in [0.5, 0.6) is 0 Å². The van der Waals surface area contributed by atoms with E-state index in [-0.39, 0.29) is 10.3 Å². The van der Waals surface area contributed by atoms with Crippen molar-refractivity contribution in [1.82, 2.24) is 0 Å². The molecule has 106 valence electrons. The van der Waals surface area contributed by atoms with Gasteiger partial charge in [0.2, 0.25) is 0 Å². The molecule has 0 amide bonds. The van der Waals surface area contributed by atoms with Gasteiger partial charge in [-0.1, -0.05) is 20.8 Å². The van der Waals surface area contributed by atoms with E-state index < -0.39 is 11.9 Å². The Labute approximate surface area is 115 Å². The molecule has 0 radical (unpaired) electrons. The fraction of sp³-hybridized carbons (Fsp3) is 0.643. The molecule has 1 atom stereocenters. The maximum atomic E-state index is 13.5. The van der Waals surface area contributed by atoms with Crippen LogP contribution in [-0.2, 0) is 23.6 Å². The average Bonchev–Trinajstić information content (AvgIpc) is 2.70. The highest BCUT2D eigenvalue weighted by Gasteiger charge is 2.44. The molecule has 5 heteroatoms. The molecule has 2 rings (SSSR count). The van der Waals surface area contributed by atoms with Crippen molar-refractivity contribution in [1.29, 1.82) is 0 Å². The van der Waals surface area contributed by atoms with E-state index in [0.717, 1.165) is 41.0 Å². The summed E-state index contributed by atoms with van der Waals surface area (Å²) in [5, 5.41) is 8.59. The minimum atomic E-state index is -3.76. The van der Waals surface area contributed by atoms with Crippen LogP contribution in [0.4, 0.5) is 8.78 Å². The first kappa shape index (κ1) is 14.4. The molecule has 1 heterocycles. The Morgan fingerprint density at radius 3 is 2.58 bits per heavy atom. The number of carboxylic acids is 1. The van der Waals surface area contributed by atoms with Crippen LogP contribution >= 0.6 is 11.3 Å². The fourth-order valence-electron chi connectivity index (χ4n) is 2.52. The molecule has 0 fully saturated rings. The van der Waals surface area contributed by atoms with Gasteiger partial charge in [-0.3, -0.25) is 0 Å². The van der Waals surface area contributed by atoms with E-state index >= 15 is 0 Å². The Balaban J connectivity index is 2.29. The van der Waals surface area contributed by atoms with Gasteiger partial charge in [-0.2, -0.15) is 8.78 Å². The third-order valence-electron chi connectivity index (χ3n) is 3.89. The fourth-order valence-corrected chi connectivity index (χ4v) is 3.70. The Kier molecular flexibility index (Phi) is 3.45. The molecule has 1 aromatic heterocycles. The largest absolute Gasteiger partial charge is 0.477 e. The van der Waals surface area contributed by atoms with Crippen molar-refractivity contribution in [3.05, 3.63) is 21.4 Å². The number of hydrogen-bond acceptors (Lipinski definition) is 2. The molecule has 1 unspecified atom stereocenters. The second kappa shape index (κ2) is 4.54. The van der Waals surface area contributed by atoms with Crippen molar-refractivity contribution >= 4 is 17.3 Å². The summed E-state index contributed by atoms with van der Waals surface area (Å²) in [4.78, 5) is 11.2. The van der Waals surface area contributed by atoms with Crippen LogP contribution in [0.1, 0.15) is 42.5 Å². The lowest BCUT2D eigenvalue weighted by Gasteiger charge is -2.33. The molecule has 0 spiro atoms. The molecule has 0 bridgehead atoms. The van der Waals surface area contributed by atoms with E-state index in [2.05, 4.69) is 20.8 Å². The summed E-state index contributed by atoms with van der Waals surface area (Å²) in [6.45, 7) is 6.46. The van der Waals surface area contributed by atoms with E-state index in [9.17, 15) is 13.6 Å². The SMILES string of the molecule is CC(C)(C)C1CCc2sc(C(F)(F)C(=O)O)cc2C1. The zero-order chi connectivity index (χ0) is 14.4. The molecule has 1 aliphatic carbocycles. The summed E-state index contributed by atoms with van der Waals surface area (Å²) in [7, 11) is 0. The van der Waals surface area contributed by atoms with Crippen LogP contribution in [0.15, 0.2) is 6.07 Å². The summed E-state index contributed by atoms with van der Waals surface area (Å²) in [6.07, 6.45) is 2.53. The molecular weight excluding hydrogens is 270 g/mol. The lowest BCUT2D eigenvalue weighted by molar-refractivity contribution is -0.165. The molecule has 19 heavy (non-hydrogen) atoms. The molecule has 1 aliphatic rings. The smallest absolute Gasteiger partial charge is 0.380 e. The van der Waals surface area contributed by atoms with Crippen LogP contribution in [0, 0.1) is 11.3 Å². The van der Waals surface area contributed by atoms with Gasteiger partial charge in [-0.05, 0) is 42.2 Å². The number of aliphatic carboxylic acids is 1. The minimum absolute atomic E-state index is 0.148. The van der Waals surface area contributed by atoms with Crippen molar-refractivity contribution in [3.8, 4) is 0 Å². The van der Waals surface area contributed by atoms with E-state index in [1.807, 2.05) is 0 Å². The number of thiophene rings is 1. The van der Waals surface area contributed by atoms with Crippen LogP contribution in [-0.4, -0.2) is 11.1 Å². The van der Waals surface area contributed by atoms with Crippen molar-refractivity contribution in [2.45, 2.75) is 46.0 Å². The summed E-state index contributed by atoms with van der Waals surface area (Å²) >= 11 is 0.952. The van der Waals surface area contributed by atoms with Gasteiger partial charge in [0, 0.05) is 4.88 Å². The Hall–Kier alpha value is -0.970. The highest BCUT2D eigenvalue weighted by molar-refractivity contribution is 7.12. The predicted octanol–water partition coefficient (Wildman–Crippen LogP) is 4.08. The molecule has 0 saturated carbocycles. The van der Waals surface area contributed by atoms with Crippen LogP contribution < -0.4 is 0 Å². The Bertz CT molecular complexity index is 500. The molecular formula is C14H18F2O2S. The molecule has 0 saturated heterocycles. The number of hydrogen-bond donors (Lipinski definition) is 1. The second-order valence-corrected chi connectivity index (χ2v) is 7.38. The summed E-state index contributed by atoms with van der Waals surface area (Å²) in [6, 6.07) is 1.39. The zero-order valence-electron chi connectivity index (χ0n) is 11.3. The van der Waals surface area contributed by atoms with E-state index in [1.165, 1.54) is 6.07 Å². The maximum Gasteiger partial charge on any atom is 0.380 e. The van der Waals surface area contributed by atoms with Crippen LogP contribution in [0.2, 0.25) is 0 Å². The first-order valence-corrected chi connectivity index (χ1v) is 7.17. The lowest BCUT2D eigenvalue weighted by atomic mass is 9.72. The summed E-state index contributed by atoms with van der Waals surface area (Å²) < 4.78 is 27.0. The van der Waals surface area contributed by atoms with Gasteiger partial charge < -0.3 is 5.11 Å². The van der Waals surface area contributed by atoms with Crippen molar-refractivity contribution in [2.24, 2.45) is 11.3 Å². The van der Waals surface area contributed by atoms with Crippen molar-refractivity contribution in [3.63, 3.8) is 0 Å². The third-order valence-corrected chi connectivity index (χ3v) is 5.19.